The Morgan fingerprint density at radius 1 is 1.45 bits per heavy atom. The fraction of sp³-hybridized carbons (Fsp3) is 0.533. The van der Waals surface area contributed by atoms with Crippen molar-refractivity contribution >= 4 is 27.3 Å². The molecule has 0 aromatic carbocycles. The van der Waals surface area contributed by atoms with E-state index in [4.69, 9.17) is 0 Å². The Morgan fingerprint density at radius 3 is 2.70 bits per heavy atom. The van der Waals surface area contributed by atoms with E-state index in [1.807, 2.05) is 23.1 Å². The lowest BCUT2D eigenvalue weighted by Crippen LogP contribution is -2.25. The van der Waals surface area contributed by atoms with Crippen LogP contribution < -0.4 is 5.32 Å². The van der Waals surface area contributed by atoms with Crippen LogP contribution in [0.25, 0.3) is 0 Å². The van der Waals surface area contributed by atoms with Crippen molar-refractivity contribution in [3.05, 3.63) is 37.7 Å². The Morgan fingerprint density at radius 2 is 2.20 bits per heavy atom. The Bertz CT molecular complexity index is 574. The second-order valence-corrected chi connectivity index (χ2v) is 7.06. The van der Waals surface area contributed by atoms with E-state index < -0.39 is 0 Å². The number of hydrogen-bond acceptors (Lipinski definition) is 3. The fourth-order valence-electron chi connectivity index (χ4n) is 2.55. The molecule has 0 fully saturated rings. The molecule has 0 aliphatic carbocycles. The van der Waals surface area contributed by atoms with E-state index in [2.05, 4.69) is 58.6 Å². The molecule has 0 aliphatic rings. The maximum atomic E-state index is 4.56. The van der Waals surface area contributed by atoms with Gasteiger partial charge in [0.2, 0.25) is 0 Å². The summed E-state index contributed by atoms with van der Waals surface area (Å²) in [6, 6.07) is 2.56. The van der Waals surface area contributed by atoms with Gasteiger partial charge in [-0.25, -0.2) is 0 Å². The molecule has 0 saturated heterocycles. The summed E-state index contributed by atoms with van der Waals surface area (Å²) in [6.45, 7) is 7.49. The highest BCUT2D eigenvalue weighted by Crippen LogP contribution is 2.28. The van der Waals surface area contributed by atoms with E-state index in [-0.39, 0.29) is 0 Å². The van der Waals surface area contributed by atoms with Crippen molar-refractivity contribution in [2.45, 2.75) is 39.7 Å². The largest absolute Gasteiger partial charge is 0.310 e. The summed E-state index contributed by atoms with van der Waals surface area (Å²) in [5.74, 6) is 0. The Labute approximate surface area is 133 Å². The number of nitrogens with zero attached hydrogens (tertiary/aromatic N) is 2. The number of aryl methyl sites for hydroxylation is 2. The lowest BCUT2D eigenvalue weighted by Gasteiger charge is -2.19. The monoisotopic (exact) mass is 355 g/mol. The average molecular weight is 356 g/mol. The first kappa shape index (κ1) is 15.7. The van der Waals surface area contributed by atoms with Crippen LogP contribution in [0.2, 0.25) is 0 Å². The molecule has 1 unspecified atom stereocenters. The van der Waals surface area contributed by atoms with Crippen LogP contribution in [0, 0.1) is 13.8 Å². The predicted molar refractivity (Wildman–Crippen MR) is 89.4 cm³/mol. The second kappa shape index (κ2) is 6.87. The van der Waals surface area contributed by atoms with Crippen molar-refractivity contribution in [1.29, 1.82) is 0 Å². The molecule has 0 aliphatic heterocycles. The smallest absolute Gasteiger partial charge is 0.0644 e. The number of rotatable bonds is 6. The van der Waals surface area contributed by atoms with Gasteiger partial charge in [-0.2, -0.15) is 5.10 Å². The van der Waals surface area contributed by atoms with E-state index in [0.717, 1.165) is 25.1 Å². The van der Waals surface area contributed by atoms with Crippen molar-refractivity contribution in [3.8, 4) is 0 Å². The van der Waals surface area contributed by atoms with Gasteiger partial charge < -0.3 is 5.32 Å². The molecule has 5 heteroatoms. The Kier molecular flexibility index (Phi) is 5.41. The molecule has 0 radical (unpaired) electrons. The van der Waals surface area contributed by atoms with Crippen LogP contribution in [0.5, 0.6) is 0 Å². The number of hydrogen-bond donors (Lipinski definition) is 1. The molecule has 2 rings (SSSR count). The van der Waals surface area contributed by atoms with Gasteiger partial charge in [0.05, 0.1) is 5.69 Å². The molecule has 0 amide bonds. The topological polar surface area (TPSA) is 29.9 Å². The van der Waals surface area contributed by atoms with Gasteiger partial charge in [-0.3, -0.25) is 4.68 Å². The number of halogens is 1. The normalized spacial score (nSPS) is 12.8. The molecule has 1 atom stereocenters. The summed E-state index contributed by atoms with van der Waals surface area (Å²) in [5.41, 5.74) is 3.74. The van der Waals surface area contributed by atoms with Gasteiger partial charge >= 0.3 is 0 Å². The number of aromatic nitrogens is 2. The molecule has 3 nitrogen and oxygen atoms in total. The van der Waals surface area contributed by atoms with Crippen molar-refractivity contribution in [2.24, 2.45) is 7.05 Å². The Balaban J connectivity index is 2.26. The third-order valence-corrected chi connectivity index (χ3v) is 5.30. The summed E-state index contributed by atoms with van der Waals surface area (Å²) >= 11 is 5.35. The van der Waals surface area contributed by atoms with Gasteiger partial charge in [-0.1, -0.05) is 6.92 Å². The average Bonchev–Trinajstić information content (AvgIpc) is 2.90. The van der Waals surface area contributed by atoms with Crippen molar-refractivity contribution in [2.75, 3.05) is 6.54 Å². The fourth-order valence-corrected chi connectivity index (χ4v) is 4.05. The zero-order chi connectivity index (χ0) is 14.7. The summed E-state index contributed by atoms with van der Waals surface area (Å²) in [6.07, 6.45) is 2.16. The van der Waals surface area contributed by atoms with Crippen molar-refractivity contribution < 1.29 is 0 Å². The first-order valence-electron chi connectivity index (χ1n) is 6.99. The van der Waals surface area contributed by atoms with Crippen LogP contribution in [0.4, 0.5) is 0 Å². The second-order valence-electron chi connectivity index (χ2n) is 5.15. The maximum absolute atomic E-state index is 4.56. The first-order valence-corrected chi connectivity index (χ1v) is 8.66. The molecule has 0 saturated carbocycles. The summed E-state index contributed by atoms with van der Waals surface area (Å²) in [4.78, 5) is 1.40. The van der Waals surface area contributed by atoms with Crippen LogP contribution in [-0.2, 0) is 13.5 Å². The lowest BCUT2D eigenvalue weighted by atomic mass is 10.0. The lowest BCUT2D eigenvalue weighted by molar-refractivity contribution is 0.527. The van der Waals surface area contributed by atoms with E-state index in [0.29, 0.717) is 6.04 Å². The van der Waals surface area contributed by atoms with Crippen LogP contribution in [0.3, 0.4) is 0 Å². The number of thiophene rings is 1. The standard InChI is InChI=1S/C15H22BrN3S/c1-5-6-17-14(8-13-7-12(16)9-20-13)15-10(2)18-19(4)11(15)3/h7,9,14,17H,5-6,8H2,1-4H3. The molecule has 0 bridgehead atoms. The van der Waals surface area contributed by atoms with E-state index in [1.165, 1.54) is 20.6 Å². The molecule has 2 heterocycles. The molecular weight excluding hydrogens is 334 g/mol. The summed E-state index contributed by atoms with van der Waals surface area (Å²) < 4.78 is 3.15. The first-order chi connectivity index (χ1) is 9.52. The highest BCUT2D eigenvalue weighted by Gasteiger charge is 2.20. The van der Waals surface area contributed by atoms with Crippen LogP contribution in [0.15, 0.2) is 15.9 Å². The SMILES string of the molecule is CCCNC(Cc1cc(Br)cs1)c1c(C)nn(C)c1C. The molecule has 1 N–H and O–H groups in total. The van der Waals surface area contributed by atoms with E-state index in [1.54, 1.807) is 0 Å². The van der Waals surface area contributed by atoms with Gasteiger partial charge in [-0.15, -0.1) is 11.3 Å². The minimum absolute atomic E-state index is 0.342. The minimum atomic E-state index is 0.342. The van der Waals surface area contributed by atoms with Gasteiger partial charge in [0.15, 0.2) is 0 Å². The molecular formula is C15H22BrN3S. The van der Waals surface area contributed by atoms with Gasteiger partial charge in [0.25, 0.3) is 0 Å². The third kappa shape index (κ3) is 3.51. The molecule has 2 aromatic rings. The van der Waals surface area contributed by atoms with E-state index in [9.17, 15) is 0 Å². The quantitative estimate of drug-likeness (QED) is 0.843. The molecule has 110 valence electrons. The minimum Gasteiger partial charge on any atom is -0.310 e. The third-order valence-electron chi connectivity index (χ3n) is 3.58. The van der Waals surface area contributed by atoms with Crippen molar-refractivity contribution in [1.82, 2.24) is 15.1 Å². The van der Waals surface area contributed by atoms with Gasteiger partial charge in [0, 0.05) is 45.5 Å². The zero-order valence-corrected chi connectivity index (χ0v) is 14.9. The van der Waals surface area contributed by atoms with E-state index >= 15 is 0 Å². The van der Waals surface area contributed by atoms with Gasteiger partial charge in [-0.05, 0) is 48.8 Å². The maximum Gasteiger partial charge on any atom is 0.0644 e. The number of nitrogens with one attached hydrogen (secondary N) is 1. The highest BCUT2D eigenvalue weighted by atomic mass is 79.9. The molecule has 0 spiro atoms. The molecule has 2 aromatic heterocycles. The summed E-state index contributed by atoms with van der Waals surface area (Å²) in [7, 11) is 2.02. The Hall–Kier alpha value is -0.650. The predicted octanol–water partition coefficient (Wildman–Crippen LogP) is 4.14. The van der Waals surface area contributed by atoms with Gasteiger partial charge in [0.1, 0.15) is 0 Å². The van der Waals surface area contributed by atoms with Crippen LogP contribution in [0.1, 0.15) is 41.2 Å². The van der Waals surface area contributed by atoms with Crippen LogP contribution in [-0.4, -0.2) is 16.3 Å². The van der Waals surface area contributed by atoms with Crippen LogP contribution >= 0.6 is 27.3 Å². The zero-order valence-electron chi connectivity index (χ0n) is 12.5. The van der Waals surface area contributed by atoms with Crippen molar-refractivity contribution in [3.63, 3.8) is 0 Å². The highest BCUT2D eigenvalue weighted by molar-refractivity contribution is 9.10. The summed E-state index contributed by atoms with van der Waals surface area (Å²) in [5, 5.41) is 10.4. The molecule has 20 heavy (non-hydrogen) atoms.